The van der Waals surface area contributed by atoms with E-state index in [0.717, 1.165) is 29.8 Å². The van der Waals surface area contributed by atoms with Gasteiger partial charge in [0.1, 0.15) is 0 Å². The van der Waals surface area contributed by atoms with E-state index in [-0.39, 0.29) is 6.04 Å². The van der Waals surface area contributed by atoms with E-state index >= 15 is 0 Å². The molecule has 0 bridgehead atoms. The molecule has 3 aromatic carbocycles. The van der Waals surface area contributed by atoms with Gasteiger partial charge in [-0.05, 0) is 59.5 Å². The minimum Gasteiger partial charge on any atom is -0.493 e. The van der Waals surface area contributed by atoms with Crippen LogP contribution < -0.4 is 9.47 Å². The number of nitrogens with zero attached hydrogens (tertiary/aromatic N) is 1. The van der Waals surface area contributed by atoms with Crippen molar-refractivity contribution in [1.29, 1.82) is 0 Å². The lowest BCUT2D eigenvalue weighted by molar-refractivity contribution is 0.203. The van der Waals surface area contributed by atoms with Gasteiger partial charge in [-0.25, -0.2) is 0 Å². The zero-order valence-corrected chi connectivity index (χ0v) is 19.1. The van der Waals surface area contributed by atoms with Gasteiger partial charge in [-0.15, -0.1) is 0 Å². The summed E-state index contributed by atoms with van der Waals surface area (Å²) in [6, 6.07) is 17.7. The van der Waals surface area contributed by atoms with Gasteiger partial charge < -0.3 is 9.47 Å². The standard InChI is InChI=1S/C24H22Cl3NO2/c1-29-22-12-15-9-10-28(14-19-20(26)7-4-8-21(19)27)24(18(15)13-23(22)30-2)16-5-3-6-17(25)11-16/h3-8,11-13,24H,9-10,14H2,1-2H3. The molecule has 0 radical (unpaired) electrons. The normalized spacial score (nSPS) is 16.2. The molecule has 156 valence electrons. The third-order valence-corrected chi connectivity index (χ3v) is 6.50. The highest BCUT2D eigenvalue weighted by molar-refractivity contribution is 6.36. The van der Waals surface area contributed by atoms with Crippen molar-refractivity contribution in [3.8, 4) is 11.5 Å². The number of rotatable bonds is 5. The third-order valence-electron chi connectivity index (χ3n) is 5.56. The van der Waals surface area contributed by atoms with Crippen LogP contribution in [0.5, 0.6) is 11.5 Å². The molecule has 0 spiro atoms. The van der Waals surface area contributed by atoms with Crippen molar-refractivity contribution in [3.05, 3.63) is 91.9 Å². The Morgan fingerprint density at radius 1 is 0.900 bits per heavy atom. The summed E-state index contributed by atoms with van der Waals surface area (Å²) in [5, 5.41) is 2.05. The van der Waals surface area contributed by atoms with Gasteiger partial charge in [0, 0.05) is 33.7 Å². The van der Waals surface area contributed by atoms with Crippen LogP contribution in [0.25, 0.3) is 0 Å². The van der Waals surface area contributed by atoms with E-state index in [9.17, 15) is 0 Å². The molecule has 0 aliphatic carbocycles. The summed E-state index contributed by atoms with van der Waals surface area (Å²) in [4.78, 5) is 2.38. The van der Waals surface area contributed by atoms with Crippen LogP contribution in [0.2, 0.25) is 15.1 Å². The summed E-state index contributed by atoms with van der Waals surface area (Å²) in [7, 11) is 3.32. The summed E-state index contributed by atoms with van der Waals surface area (Å²) in [5.74, 6) is 1.45. The van der Waals surface area contributed by atoms with Crippen LogP contribution in [0.15, 0.2) is 54.6 Å². The SMILES string of the molecule is COc1cc2c(cc1OC)C(c1cccc(Cl)c1)N(Cc1c(Cl)cccc1Cl)CC2. The van der Waals surface area contributed by atoms with Gasteiger partial charge in [0.2, 0.25) is 0 Å². The molecule has 0 N–H and O–H groups in total. The van der Waals surface area contributed by atoms with E-state index in [1.165, 1.54) is 11.1 Å². The zero-order chi connectivity index (χ0) is 21.3. The molecule has 0 fully saturated rings. The zero-order valence-electron chi connectivity index (χ0n) is 16.8. The quantitative estimate of drug-likeness (QED) is 0.415. The number of halogens is 3. The van der Waals surface area contributed by atoms with Crippen molar-refractivity contribution in [3.63, 3.8) is 0 Å². The predicted octanol–water partition coefficient (Wildman–Crippen LogP) is 6.81. The summed E-state index contributed by atoms with van der Waals surface area (Å²) in [6.45, 7) is 1.48. The third kappa shape index (κ3) is 4.13. The van der Waals surface area contributed by atoms with Gasteiger partial charge in [0.05, 0.1) is 20.3 Å². The Bertz CT molecular complexity index is 1050. The lowest BCUT2D eigenvalue weighted by Crippen LogP contribution is -2.36. The second-order valence-electron chi connectivity index (χ2n) is 7.28. The van der Waals surface area contributed by atoms with E-state index < -0.39 is 0 Å². The van der Waals surface area contributed by atoms with Gasteiger partial charge in [-0.2, -0.15) is 0 Å². The lowest BCUT2D eigenvalue weighted by atomic mass is 9.87. The van der Waals surface area contributed by atoms with Gasteiger partial charge in [0.15, 0.2) is 11.5 Å². The van der Waals surface area contributed by atoms with Crippen LogP contribution in [-0.2, 0) is 13.0 Å². The molecule has 4 rings (SSSR count). The fourth-order valence-electron chi connectivity index (χ4n) is 4.12. The number of benzene rings is 3. The lowest BCUT2D eigenvalue weighted by Gasteiger charge is -2.38. The molecule has 0 amide bonds. The molecule has 1 unspecified atom stereocenters. The highest BCUT2D eigenvalue weighted by atomic mass is 35.5. The second-order valence-corrected chi connectivity index (χ2v) is 8.54. The first-order chi connectivity index (χ1) is 14.5. The van der Waals surface area contributed by atoms with Crippen LogP contribution in [0.3, 0.4) is 0 Å². The largest absolute Gasteiger partial charge is 0.493 e. The monoisotopic (exact) mass is 461 g/mol. The molecule has 0 aromatic heterocycles. The van der Waals surface area contributed by atoms with Crippen molar-refractivity contribution >= 4 is 34.8 Å². The summed E-state index contributed by atoms with van der Waals surface area (Å²) >= 11 is 19.3. The molecular weight excluding hydrogens is 441 g/mol. The Labute approximate surface area is 192 Å². The molecule has 1 heterocycles. The number of hydrogen-bond acceptors (Lipinski definition) is 3. The smallest absolute Gasteiger partial charge is 0.161 e. The molecular formula is C24H22Cl3NO2. The maximum atomic E-state index is 6.49. The van der Waals surface area contributed by atoms with Gasteiger partial charge in [-0.1, -0.05) is 53.0 Å². The molecule has 1 aliphatic heterocycles. The summed E-state index contributed by atoms with van der Waals surface area (Å²) < 4.78 is 11.1. The fraction of sp³-hybridized carbons (Fsp3) is 0.250. The van der Waals surface area contributed by atoms with Crippen LogP contribution in [0.1, 0.15) is 28.3 Å². The fourth-order valence-corrected chi connectivity index (χ4v) is 4.84. The second kappa shape index (κ2) is 9.07. The van der Waals surface area contributed by atoms with Gasteiger partial charge >= 0.3 is 0 Å². The van der Waals surface area contributed by atoms with Crippen LogP contribution in [0, 0.1) is 0 Å². The van der Waals surface area contributed by atoms with E-state index in [1.807, 2.05) is 36.4 Å². The number of ether oxygens (including phenoxy) is 2. The molecule has 3 nitrogen and oxygen atoms in total. The topological polar surface area (TPSA) is 21.7 Å². The average molecular weight is 463 g/mol. The van der Waals surface area contributed by atoms with Crippen molar-refractivity contribution in [2.45, 2.75) is 19.0 Å². The first-order valence-electron chi connectivity index (χ1n) is 9.69. The predicted molar refractivity (Wildman–Crippen MR) is 123 cm³/mol. The Balaban J connectivity index is 1.83. The van der Waals surface area contributed by atoms with Crippen molar-refractivity contribution in [1.82, 2.24) is 4.90 Å². The first kappa shape index (κ1) is 21.3. The van der Waals surface area contributed by atoms with Gasteiger partial charge in [0.25, 0.3) is 0 Å². The summed E-state index contributed by atoms with van der Waals surface area (Å²) in [5.41, 5.74) is 4.44. The first-order valence-corrected chi connectivity index (χ1v) is 10.8. The van der Waals surface area contributed by atoms with Gasteiger partial charge in [-0.3, -0.25) is 4.90 Å². The van der Waals surface area contributed by atoms with E-state index in [4.69, 9.17) is 44.3 Å². The van der Waals surface area contributed by atoms with Crippen LogP contribution >= 0.6 is 34.8 Å². The highest BCUT2D eigenvalue weighted by Gasteiger charge is 2.31. The Kier molecular flexibility index (Phi) is 6.45. The van der Waals surface area contributed by atoms with Crippen molar-refractivity contribution in [2.75, 3.05) is 20.8 Å². The molecule has 3 aromatic rings. The maximum absolute atomic E-state index is 6.49. The maximum Gasteiger partial charge on any atom is 0.161 e. The minimum absolute atomic E-state index is 0.0143. The Hall–Kier alpha value is -1.91. The molecule has 1 atom stereocenters. The average Bonchev–Trinajstić information content (AvgIpc) is 2.75. The van der Waals surface area contributed by atoms with Crippen molar-refractivity contribution in [2.24, 2.45) is 0 Å². The number of hydrogen-bond donors (Lipinski definition) is 0. The Morgan fingerprint density at radius 3 is 2.23 bits per heavy atom. The molecule has 1 aliphatic rings. The van der Waals surface area contributed by atoms with Crippen LogP contribution in [0.4, 0.5) is 0 Å². The van der Waals surface area contributed by atoms with E-state index in [2.05, 4.69) is 23.1 Å². The van der Waals surface area contributed by atoms with E-state index in [0.29, 0.717) is 27.4 Å². The van der Waals surface area contributed by atoms with E-state index in [1.54, 1.807) is 14.2 Å². The van der Waals surface area contributed by atoms with Crippen LogP contribution in [-0.4, -0.2) is 25.7 Å². The number of methoxy groups -OCH3 is 2. The minimum atomic E-state index is -0.0143. The highest BCUT2D eigenvalue weighted by Crippen LogP contribution is 2.42. The molecule has 30 heavy (non-hydrogen) atoms. The summed E-state index contributed by atoms with van der Waals surface area (Å²) in [6.07, 6.45) is 0.884. The molecule has 0 saturated carbocycles. The molecule has 6 heteroatoms. The molecule has 0 saturated heterocycles. The van der Waals surface area contributed by atoms with Crippen molar-refractivity contribution < 1.29 is 9.47 Å². The number of fused-ring (bicyclic) bond motifs is 1. The Morgan fingerprint density at radius 2 is 1.57 bits per heavy atom.